The molecule has 1 atom stereocenters. The lowest BCUT2D eigenvalue weighted by molar-refractivity contribution is 0.166. The molecule has 0 aliphatic heterocycles. The fourth-order valence-corrected chi connectivity index (χ4v) is 2.98. The summed E-state index contributed by atoms with van der Waals surface area (Å²) in [5.74, 6) is 2.04. The van der Waals surface area contributed by atoms with Crippen LogP contribution in [0.1, 0.15) is 55.8 Å². The fourth-order valence-electron chi connectivity index (χ4n) is 2.98. The highest BCUT2D eigenvalue weighted by atomic mass is 16.5. The van der Waals surface area contributed by atoms with E-state index in [9.17, 15) is 0 Å². The zero-order chi connectivity index (χ0) is 14.7. The first-order chi connectivity index (χ1) is 10.2. The molecule has 112 valence electrons. The molecule has 0 spiro atoms. The van der Waals surface area contributed by atoms with Gasteiger partial charge in [0.1, 0.15) is 0 Å². The lowest BCUT2D eigenvalue weighted by Gasteiger charge is -2.40. The van der Waals surface area contributed by atoms with Crippen LogP contribution in [0.3, 0.4) is 0 Å². The van der Waals surface area contributed by atoms with Gasteiger partial charge in [-0.15, -0.1) is 0 Å². The van der Waals surface area contributed by atoms with Gasteiger partial charge in [-0.2, -0.15) is 4.98 Å². The number of hydrogen-bond acceptors (Lipinski definition) is 4. The van der Waals surface area contributed by atoms with Crippen molar-refractivity contribution < 1.29 is 4.52 Å². The lowest BCUT2D eigenvalue weighted by atomic mass is 9.76. The van der Waals surface area contributed by atoms with Crippen molar-refractivity contribution in [2.24, 2.45) is 0 Å². The van der Waals surface area contributed by atoms with E-state index in [1.807, 2.05) is 6.92 Å². The molecule has 4 heteroatoms. The molecule has 0 amide bonds. The topological polar surface area (TPSA) is 51.0 Å². The van der Waals surface area contributed by atoms with Crippen LogP contribution in [0.2, 0.25) is 0 Å². The summed E-state index contributed by atoms with van der Waals surface area (Å²) in [4.78, 5) is 4.42. The van der Waals surface area contributed by atoms with Crippen molar-refractivity contribution in [3.8, 4) is 0 Å². The van der Waals surface area contributed by atoms with Gasteiger partial charge in [-0.3, -0.25) is 0 Å². The van der Waals surface area contributed by atoms with E-state index in [1.54, 1.807) is 0 Å². The molecular formula is C17H23N3O. The SMILES string of the molecule is Cc1nc(C2(NCC[C@H](C)c3ccccc3)CCC2)no1. The molecule has 4 nitrogen and oxygen atoms in total. The molecule has 0 bridgehead atoms. The van der Waals surface area contributed by atoms with Crippen LogP contribution in [0, 0.1) is 6.92 Å². The average molecular weight is 285 g/mol. The smallest absolute Gasteiger partial charge is 0.223 e. The molecule has 1 aliphatic rings. The van der Waals surface area contributed by atoms with E-state index < -0.39 is 0 Å². The molecule has 2 aromatic rings. The quantitative estimate of drug-likeness (QED) is 0.882. The van der Waals surface area contributed by atoms with Crippen LogP contribution in [0.15, 0.2) is 34.9 Å². The largest absolute Gasteiger partial charge is 0.340 e. The molecule has 1 saturated carbocycles. The predicted octanol–water partition coefficient (Wildman–Crippen LogP) is 3.54. The fraction of sp³-hybridized carbons (Fsp3) is 0.529. The Morgan fingerprint density at radius 1 is 1.29 bits per heavy atom. The summed E-state index contributed by atoms with van der Waals surface area (Å²) in [7, 11) is 0. The molecule has 1 fully saturated rings. The first-order valence-corrected chi connectivity index (χ1v) is 7.80. The molecule has 0 unspecified atom stereocenters. The van der Waals surface area contributed by atoms with Crippen LogP contribution in [0.4, 0.5) is 0 Å². The Morgan fingerprint density at radius 2 is 2.05 bits per heavy atom. The number of aromatic nitrogens is 2. The normalized spacial score (nSPS) is 18.2. The molecular weight excluding hydrogens is 262 g/mol. The van der Waals surface area contributed by atoms with E-state index in [2.05, 4.69) is 52.7 Å². The maximum atomic E-state index is 5.14. The maximum Gasteiger partial charge on any atom is 0.223 e. The van der Waals surface area contributed by atoms with E-state index in [-0.39, 0.29) is 5.54 Å². The Balaban J connectivity index is 1.57. The van der Waals surface area contributed by atoms with Crippen molar-refractivity contribution in [3.63, 3.8) is 0 Å². The third-order valence-electron chi connectivity index (χ3n) is 4.57. The van der Waals surface area contributed by atoms with Gasteiger partial charge in [0.2, 0.25) is 5.89 Å². The van der Waals surface area contributed by atoms with E-state index in [1.165, 1.54) is 12.0 Å². The molecule has 0 radical (unpaired) electrons. The zero-order valence-corrected chi connectivity index (χ0v) is 12.8. The van der Waals surface area contributed by atoms with Gasteiger partial charge >= 0.3 is 0 Å². The Kier molecular flexibility index (Phi) is 4.06. The summed E-state index contributed by atoms with van der Waals surface area (Å²) in [6, 6.07) is 10.7. The van der Waals surface area contributed by atoms with Gasteiger partial charge in [0.15, 0.2) is 5.82 Å². The third-order valence-corrected chi connectivity index (χ3v) is 4.57. The summed E-state index contributed by atoms with van der Waals surface area (Å²) in [5.41, 5.74) is 1.35. The maximum absolute atomic E-state index is 5.14. The van der Waals surface area contributed by atoms with Crippen molar-refractivity contribution >= 4 is 0 Å². The second kappa shape index (κ2) is 5.98. The van der Waals surface area contributed by atoms with Gasteiger partial charge in [-0.05, 0) is 43.7 Å². The second-order valence-electron chi connectivity index (χ2n) is 6.10. The van der Waals surface area contributed by atoms with Gasteiger partial charge < -0.3 is 9.84 Å². The average Bonchev–Trinajstić information content (AvgIpc) is 2.89. The van der Waals surface area contributed by atoms with Crippen LogP contribution in [0.5, 0.6) is 0 Å². The Morgan fingerprint density at radius 3 is 2.62 bits per heavy atom. The third kappa shape index (κ3) is 3.00. The molecule has 1 heterocycles. The van der Waals surface area contributed by atoms with Crippen molar-refractivity contribution in [2.45, 2.75) is 51.0 Å². The van der Waals surface area contributed by atoms with Crippen molar-refractivity contribution in [2.75, 3.05) is 6.54 Å². The lowest BCUT2D eigenvalue weighted by Crippen LogP contribution is -2.49. The van der Waals surface area contributed by atoms with E-state index in [0.29, 0.717) is 11.8 Å². The van der Waals surface area contributed by atoms with Crippen LogP contribution < -0.4 is 5.32 Å². The molecule has 1 aliphatic carbocycles. The Labute approximate surface area is 126 Å². The van der Waals surface area contributed by atoms with Gasteiger partial charge in [0.25, 0.3) is 0 Å². The van der Waals surface area contributed by atoms with Gasteiger partial charge in [-0.25, -0.2) is 0 Å². The summed E-state index contributed by atoms with van der Waals surface area (Å²) in [6.07, 6.45) is 4.55. The van der Waals surface area contributed by atoms with Gasteiger partial charge in [0.05, 0.1) is 5.54 Å². The van der Waals surface area contributed by atoms with Crippen molar-refractivity contribution in [1.82, 2.24) is 15.5 Å². The monoisotopic (exact) mass is 285 g/mol. The van der Waals surface area contributed by atoms with Gasteiger partial charge in [-0.1, -0.05) is 42.4 Å². The standard InChI is InChI=1S/C17H23N3O/c1-13(15-7-4-3-5-8-15)9-12-18-17(10-6-11-17)16-19-14(2)21-20-16/h3-5,7-8,13,18H,6,9-12H2,1-2H3/t13-/m0/s1. The highest BCUT2D eigenvalue weighted by molar-refractivity contribution is 5.18. The number of nitrogens with one attached hydrogen (secondary N) is 1. The zero-order valence-electron chi connectivity index (χ0n) is 12.8. The molecule has 0 saturated heterocycles. The first kappa shape index (κ1) is 14.3. The van der Waals surface area contributed by atoms with Crippen LogP contribution in [0.25, 0.3) is 0 Å². The molecule has 3 rings (SSSR count). The van der Waals surface area contributed by atoms with Crippen LogP contribution >= 0.6 is 0 Å². The number of rotatable bonds is 6. The first-order valence-electron chi connectivity index (χ1n) is 7.80. The van der Waals surface area contributed by atoms with Crippen LogP contribution in [-0.4, -0.2) is 16.7 Å². The minimum atomic E-state index is -0.0475. The van der Waals surface area contributed by atoms with Crippen LogP contribution in [-0.2, 0) is 5.54 Å². The Bertz CT molecular complexity index is 575. The van der Waals surface area contributed by atoms with E-state index in [0.717, 1.165) is 31.6 Å². The number of hydrogen-bond donors (Lipinski definition) is 1. The van der Waals surface area contributed by atoms with E-state index in [4.69, 9.17) is 4.52 Å². The number of nitrogens with zero attached hydrogens (tertiary/aromatic N) is 2. The van der Waals surface area contributed by atoms with Gasteiger partial charge in [0, 0.05) is 6.92 Å². The highest BCUT2D eigenvalue weighted by Crippen LogP contribution is 2.39. The number of benzene rings is 1. The highest BCUT2D eigenvalue weighted by Gasteiger charge is 2.42. The van der Waals surface area contributed by atoms with Crippen molar-refractivity contribution in [1.29, 1.82) is 0 Å². The number of aryl methyl sites for hydroxylation is 1. The molecule has 1 aromatic heterocycles. The summed E-state index contributed by atoms with van der Waals surface area (Å²) in [5, 5.41) is 7.80. The van der Waals surface area contributed by atoms with E-state index >= 15 is 0 Å². The summed E-state index contributed by atoms with van der Waals surface area (Å²) >= 11 is 0. The second-order valence-corrected chi connectivity index (χ2v) is 6.10. The molecule has 1 N–H and O–H groups in total. The Hall–Kier alpha value is -1.68. The summed E-state index contributed by atoms with van der Waals surface area (Å²) in [6.45, 7) is 5.10. The minimum Gasteiger partial charge on any atom is -0.340 e. The predicted molar refractivity (Wildman–Crippen MR) is 82.0 cm³/mol. The minimum absolute atomic E-state index is 0.0475. The summed E-state index contributed by atoms with van der Waals surface area (Å²) < 4.78 is 5.14. The van der Waals surface area contributed by atoms with Crippen molar-refractivity contribution in [3.05, 3.63) is 47.6 Å². The molecule has 1 aromatic carbocycles. The molecule has 21 heavy (non-hydrogen) atoms.